The molecule has 8 nitrogen and oxygen atoms in total. The summed E-state index contributed by atoms with van der Waals surface area (Å²) in [5.41, 5.74) is 2.03. The summed E-state index contributed by atoms with van der Waals surface area (Å²) in [6.45, 7) is 0.605. The van der Waals surface area contributed by atoms with Gasteiger partial charge in [0.1, 0.15) is 11.3 Å². The molecule has 4 N–H and O–H groups in total. The molecule has 6 rings (SSSR count). The van der Waals surface area contributed by atoms with E-state index in [0.29, 0.717) is 12.2 Å². The second kappa shape index (κ2) is 7.64. The van der Waals surface area contributed by atoms with Gasteiger partial charge in [0.15, 0.2) is 0 Å². The highest BCUT2D eigenvalue weighted by molar-refractivity contribution is 5.90. The van der Waals surface area contributed by atoms with Crippen LogP contribution in [0, 0.1) is 0 Å². The van der Waals surface area contributed by atoms with Crippen LogP contribution in [-0.2, 0) is 6.42 Å². The Bertz CT molecular complexity index is 1690. The average Bonchev–Trinajstić information content (AvgIpc) is 3.22. The first-order chi connectivity index (χ1) is 16.6. The summed E-state index contributed by atoms with van der Waals surface area (Å²) < 4.78 is 6.55. The third-order valence-electron chi connectivity index (χ3n) is 6.58. The Hall–Kier alpha value is -4.30. The number of aromatic hydroxyl groups is 1. The van der Waals surface area contributed by atoms with Crippen LogP contribution in [0.2, 0.25) is 0 Å². The maximum absolute atomic E-state index is 13.0. The van der Waals surface area contributed by atoms with Gasteiger partial charge in [0.25, 0.3) is 5.56 Å². The summed E-state index contributed by atoms with van der Waals surface area (Å²) in [4.78, 5) is 31.7. The van der Waals surface area contributed by atoms with E-state index in [-0.39, 0.29) is 11.4 Å². The fraction of sp³-hybridized carbons (Fsp3) is 0.154. The molecule has 2 aromatic heterocycles. The van der Waals surface area contributed by atoms with Gasteiger partial charge in [-0.15, -0.1) is 0 Å². The zero-order valence-electron chi connectivity index (χ0n) is 18.4. The minimum atomic E-state index is -0.694. The van der Waals surface area contributed by atoms with Crippen molar-refractivity contribution in [3.05, 3.63) is 98.3 Å². The van der Waals surface area contributed by atoms with Gasteiger partial charge in [-0.1, -0.05) is 36.4 Å². The number of ether oxygens (including phenoxy) is 1. The van der Waals surface area contributed by atoms with Crippen LogP contribution in [0.3, 0.4) is 0 Å². The minimum absolute atomic E-state index is 0.0898. The van der Waals surface area contributed by atoms with Crippen molar-refractivity contribution in [1.29, 1.82) is 0 Å². The molecule has 3 aromatic carbocycles. The Labute approximate surface area is 193 Å². The lowest BCUT2D eigenvalue weighted by Crippen LogP contribution is -2.38. The smallest absolute Gasteiger partial charge is 0.335 e. The van der Waals surface area contributed by atoms with Gasteiger partial charge in [0.05, 0.1) is 18.8 Å². The molecule has 1 atom stereocenters. The lowest BCUT2D eigenvalue weighted by atomic mass is 9.95. The molecular weight excluding hydrogens is 432 g/mol. The van der Waals surface area contributed by atoms with Crippen LogP contribution in [-0.4, -0.2) is 33.3 Å². The molecule has 0 saturated carbocycles. The topological polar surface area (TPSA) is 112 Å². The van der Waals surface area contributed by atoms with Gasteiger partial charge in [-0.25, -0.2) is 9.36 Å². The highest BCUT2D eigenvalue weighted by Crippen LogP contribution is 2.37. The summed E-state index contributed by atoms with van der Waals surface area (Å²) in [7, 11) is 1.62. The highest BCUT2D eigenvalue weighted by Gasteiger charge is 2.31. The number of hydrogen-bond acceptors (Lipinski definition) is 5. The van der Waals surface area contributed by atoms with E-state index in [2.05, 4.69) is 15.3 Å². The van der Waals surface area contributed by atoms with Gasteiger partial charge in [0, 0.05) is 28.5 Å². The summed E-state index contributed by atoms with van der Waals surface area (Å²) in [6.07, 6.45) is 0.751. The molecule has 0 saturated heterocycles. The third-order valence-corrected chi connectivity index (χ3v) is 6.58. The van der Waals surface area contributed by atoms with E-state index in [1.165, 1.54) is 4.57 Å². The SMILES string of the molecule is COc1ccc2[nH]c3c(c2c1)CCN[C@H]3c1c(O)n(-c2cccc3ccccc23)c(=O)[nH]c1=O. The molecule has 5 aromatic rings. The molecule has 34 heavy (non-hydrogen) atoms. The number of H-pyrrole nitrogens is 2. The highest BCUT2D eigenvalue weighted by atomic mass is 16.5. The quantitative estimate of drug-likeness (QED) is 0.335. The lowest BCUT2D eigenvalue weighted by molar-refractivity contribution is 0.410. The molecule has 0 bridgehead atoms. The molecular formula is C26H22N4O4. The normalized spacial score (nSPS) is 15.5. The van der Waals surface area contributed by atoms with E-state index in [4.69, 9.17) is 4.74 Å². The van der Waals surface area contributed by atoms with Crippen molar-refractivity contribution < 1.29 is 9.84 Å². The molecule has 0 aliphatic carbocycles. The van der Waals surface area contributed by atoms with Crippen molar-refractivity contribution in [2.75, 3.05) is 13.7 Å². The Morgan fingerprint density at radius 1 is 1.00 bits per heavy atom. The Morgan fingerprint density at radius 2 is 1.82 bits per heavy atom. The largest absolute Gasteiger partial charge is 0.497 e. The zero-order valence-corrected chi connectivity index (χ0v) is 18.4. The van der Waals surface area contributed by atoms with Crippen LogP contribution in [0.5, 0.6) is 11.6 Å². The number of aromatic amines is 2. The molecule has 8 heteroatoms. The lowest BCUT2D eigenvalue weighted by Gasteiger charge is -2.25. The standard InChI is InChI=1S/C26H22N4O4/c1-34-15-9-10-19-18(13-15)17-11-12-27-23(22(17)28-19)21-24(31)29-26(33)30(25(21)32)20-8-4-6-14-5-2-3-7-16(14)20/h2-10,13,23,27-28,32H,11-12H2,1H3,(H,29,31,33)/t23-/m0/s1. The summed E-state index contributed by atoms with van der Waals surface area (Å²) >= 11 is 0. The fourth-order valence-electron chi connectivity index (χ4n) is 5.01. The number of methoxy groups -OCH3 is 1. The van der Waals surface area contributed by atoms with E-state index in [1.807, 2.05) is 54.6 Å². The minimum Gasteiger partial charge on any atom is -0.497 e. The van der Waals surface area contributed by atoms with Crippen molar-refractivity contribution in [3.63, 3.8) is 0 Å². The van der Waals surface area contributed by atoms with Crippen LogP contribution in [0.25, 0.3) is 27.4 Å². The van der Waals surface area contributed by atoms with Crippen molar-refractivity contribution in [2.24, 2.45) is 0 Å². The van der Waals surface area contributed by atoms with Gasteiger partial charge in [-0.3, -0.25) is 9.78 Å². The Balaban J connectivity index is 1.59. The predicted octanol–water partition coefficient (Wildman–Crippen LogP) is 3.11. The van der Waals surface area contributed by atoms with E-state index in [9.17, 15) is 14.7 Å². The molecule has 170 valence electrons. The van der Waals surface area contributed by atoms with Gasteiger partial charge in [0.2, 0.25) is 5.88 Å². The Morgan fingerprint density at radius 3 is 2.68 bits per heavy atom. The molecule has 1 aliphatic rings. The van der Waals surface area contributed by atoms with Crippen LogP contribution in [0.1, 0.15) is 22.9 Å². The molecule has 0 amide bonds. The van der Waals surface area contributed by atoms with E-state index >= 15 is 0 Å². The number of nitrogens with zero attached hydrogens (tertiary/aromatic N) is 1. The molecule has 0 fully saturated rings. The van der Waals surface area contributed by atoms with Gasteiger partial charge >= 0.3 is 5.69 Å². The summed E-state index contributed by atoms with van der Waals surface area (Å²) in [6, 6.07) is 18.2. The molecule has 0 spiro atoms. The molecule has 0 radical (unpaired) electrons. The number of rotatable bonds is 3. The van der Waals surface area contributed by atoms with Crippen LogP contribution in [0.4, 0.5) is 0 Å². The monoisotopic (exact) mass is 454 g/mol. The first-order valence-corrected chi connectivity index (χ1v) is 11.0. The van der Waals surface area contributed by atoms with Gasteiger partial charge in [-0.2, -0.15) is 0 Å². The number of benzene rings is 3. The van der Waals surface area contributed by atoms with E-state index < -0.39 is 17.3 Å². The molecule has 0 unspecified atom stereocenters. The number of hydrogen-bond donors (Lipinski definition) is 4. The summed E-state index contributed by atoms with van der Waals surface area (Å²) in [5.74, 6) is 0.362. The van der Waals surface area contributed by atoms with Crippen molar-refractivity contribution in [1.82, 2.24) is 19.9 Å². The van der Waals surface area contributed by atoms with Gasteiger partial charge < -0.3 is 20.1 Å². The van der Waals surface area contributed by atoms with Crippen molar-refractivity contribution in [3.8, 4) is 17.3 Å². The number of fused-ring (bicyclic) bond motifs is 4. The summed E-state index contributed by atoms with van der Waals surface area (Å²) in [5, 5.41) is 17.4. The fourth-order valence-corrected chi connectivity index (χ4v) is 5.01. The van der Waals surface area contributed by atoms with Crippen molar-refractivity contribution in [2.45, 2.75) is 12.5 Å². The number of nitrogens with one attached hydrogen (secondary N) is 3. The van der Waals surface area contributed by atoms with Crippen LogP contribution >= 0.6 is 0 Å². The zero-order chi connectivity index (χ0) is 23.4. The Kier molecular flexibility index (Phi) is 4.56. The first kappa shape index (κ1) is 20.3. The first-order valence-electron chi connectivity index (χ1n) is 11.0. The predicted molar refractivity (Wildman–Crippen MR) is 130 cm³/mol. The second-order valence-corrected chi connectivity index (χ2v) is 8.40. The molecule has 3 heterocycles. The van der Waals surface area contributed by atoms with E-state index in [0.717, 1.165) is 45.1 Å². The maximum Gasteiger partial charge on any atom is 0.335 e. The number of aromatic nitrogens is 3. The second-order valence-electron chi connectivity index (χ2n) is 8.40. The maximum atomic E-state index is 13.0. The molecule has 1 aliphatic heterocycles. The third kappa shape index (κ3) is 2.96. The van der Waals surface area contributed by atoms with Crippen molar-refractivity contribution >= 4 is 21.7 Å². The van der Waals surface area contributed by atoms with Gasteiger partial charge in [-0.05, 0) is 41.6 Å². The van der Waals surface area contributed by atoms with Crippen LogP contribution in [0.15, 0.2) is 70.3 Å². The van der Waals surface area contributed by atoms with Crippen LogP contribution < -0.4 is 21.3 Å². The van der Waals surface area contributed by atoms with E-state index in [1.54, 1.807) is 13.2 Å². The average molecular weight is 454 g/mol.